The van der Waals surface area contributed by atoms with Crippen molar-refractivity contribution in [2.75, 3.05) is 19.7 Å². The van der Waals surface area contributed by atoms with Gasteiger partial charge >= 0.3 is 0 Å². The average Bonchev–Trinajstić information content (AvgIpc) is 3.29. The van der Waals surface area contributed by atoms with Crippen molar-refractivity contribution in [2.24, 2.45) is 0 Å². The van der Waals surface area contributed by atoms with E-state index in [4.69, 9.17) is 9.26 Å². The highest BCUT2D eigenvalue weighted by Gasteiger charge is 2.27. The van der Waals surface area contributed by atoms with E-state index >= 15 is 0 Å². The molecule has 8 nitrogen and oxygen atoms in total. The number of amides is 1. The molecule has 3 heterocycles. The molecule has 162 valence electrons. The Morgan fingerprint density at radius 3 is 2.61 bits per heavy atom. The monoisotopic (exact) mass is 421 g/mol. The maximum Gasteiger partial charge on any atom is 0.278 e. The van der Waals surface area contributed by atoms with Gasteiger partial charge in [0, 0.05) is 31.6 Å². The first-order valence-corrected chi connectivity index (χ1v) is 10.7. The smallest absolute Gasteiger partial charge is 0.278 e. The van der Waals surface area contributed by atoms with Crippen LogP contribution in [0.2, 0.25) is 0 Å². The van der Waals surface area contributed by atoms with Crippen LogP contribution in [-0.2, 0) is 11.2 Å². The SMILES string of the molecule is CCOc1ccc(CCC(=O)N2CCC(c3noc(-c4cnc(C)cn4)n3)CC2)cc1. The number of carbonyl (C=O) groups excluding carboxylic acids is 1. The first-order valence-electron chi connectivity index (χ1n) is 10.7. The van der Waals surface area contributed by atoms with Crippen molar-refractivity contribution in [3.05, 3.63) is 53.7 Å². The fourth-order valence-corrected chi connectivity index (χ4v) is 3.72. The lowest BCUT2D eigenvalue weighted by atomic mass is 9.95. The van der Waals surface area contributed by atoms with Crippen LogP contribution in [0.1, 0.15) is 49.2 Å². The van der Waals surface area contributed by atoms with Crippen molar-refractivity contribution < 1.29 is 14.1 Å². The molecule has 3 aromatic rings. The zero-order valence-corrected chi connectivity index (χ0v) is 18.0. The Morgan fingerprint density at radius 1 is 1.16 bits per heavy atom. The van der Waals surface area contributed by atoms with Crippen molar-refractivity contribution in [2.45, 2.75) is 45.4 Å². The van der Waals surface area contributed by atoms with E-state index in [-0.39, 0.29) is 11.8 Å². The van der Waals surface area contributed by atoms with E-state index in [1.54, 1.807) is 12.4 Å². The van der Waals surface area contributed by atoms with Crippen molar-refractivity contribution in [3.8, 4) is 17.3 Å². The van der Waals surface area contributed by atoms with Gasteiger partial charge in [0.05, 0.1) is 18.5 Å². The van der Waals surface area contributed by atoms with Crippen LogP contribution in [0.3, 0.4) is 0 Å². The molecule has 1 aliphatic heterocycles. The van der Waals surface area contributed by atoms with Gasteiger partial charge in [0.25, 0.3) is 5.89 Å². The highest BCUT2D eigenvalue weighted by Crippen LogP contribution is 2.28. The summed E-state index contributed by atoms with van der Waals surface area (Å²) < 4.78 is 10.8. The number of piperidine rings is 1. The molecule has 0 bridgehead atoms. The topological polar surface area (TPSA) is 94.2 Å². The molecule has 1 amide bonds. The first kappa shape index (κ1) is 21.0. The minimum Gasteiger partial charge on any atom is -0.494 e. The van der Waals surface area contributed by atoms with Gasteiger partial charge in [-0.25, -0.2) is 4.98 Å². The Labute approximate surface area is 181 Å². The van der Waals surface area contributed by atoms with Crippen LogP contribution in [-0.4, -0.2) is 50.6 Å². The summed E-state index contributed by atoms with van der Waals surface area (Å²) in [7, 11) is 0. The summed E-state index contributed by atoms with van der Waals surface area (Å²) in [5, 5.41) is 4.14. The molecular weight excluding hydrogens is 394 g/mol. The molecule has 0 saturated carbocycles. The minimum atomic E-state index is 0.186. The van der Waals surface area contributed by atoms with E-state index in [1.807, 2.05) is 43.0 Å². The predicted molar refractivity (Wildman–Crippen MR) is 115 cm³/mol. The average molecular weight is 422 g/mol. The summed E-state index contributed by atoms with van der Waals surface area (Å²) in [6, 6.07) is 7.96. The fraction of sp³-hybridized carbons (Fsp3) is 0.435. The van der Waals surface area contributed by atoms with Crippen molar-refractivity contribution >= 4 is 5.91 Å². The number of benzene rings is 1. The molecular formula is C23H27N5O3. The van der Waals surface area contributed by atoms with Gasteiger partial charge in [0.15, 0.2) is 5.82 Å². The number of nitrogens with zero attached hydrogens (tertiary/aromatic N) is 5. The molecule has 1 fully saturated rings. The van der Waals surface area contributed by atoms with E-state index in [1.165, 1.54) is 0 Å². The third-order valence-corrected chi connectivity index (χ3v) is 5.52. The second-order valence-electron chi connectivity index (χ2n) is 7.73. The van der Waals surface area contributed by atoms with Crippen LogP contribution in [0.5, 0.6) is 5.75 Å². The number of ether oxygens (including phenoxy) is 1. The van der Waals surface area contributed by atoms with Crippen molar-refractivity contribution in [1.29, 1.82) is 0 Å². The van der Waals surface area contributed by atoms with Gasteiger partial charge in [-0.3, -0.25) is 9.78 Å². The van der Waals surface area contributed by atoms with Crippen molar-refractivity contribution in [1.82, 2.24) is 25.0 Å². The Hall–Kier alpha value is -3.29. The van der Waals surface area contributed by atoms with Gasteiger partial charge in [0.1, 0.15) is 11.4 Å². The van der Waals surface area contributed by atoms with E-state index in [2.05, 4.69) is 20.1 Å². The molecule has 0 aliphatic carbocycles. The van der Waals surface area contributed by atoms with Crippen molar-refractivity contribution in [3.63, 3.8) is 0 Å². The second-order valence-corrected chi connectivity index (χ2v) is 7.73. The molecule has 0 atom stereocenters. The van der Waals surface area contributed by atoms with Crippen LogP contribution in [0.15, 0.2) is 41.2 Å². The maximum absolute atomic E-state index is 12.6. The molecule has 0 N–H and O–H groups in total. The lowest BCUT2D eigenvalue weighted by Crippen LogP contribution is -2.38. The van der Waals surface area contributed by atoms with E-state index < -0.39 is 0 Å². The number of hydrogen-bond donors (Lipinski definition) is 0. The van der Waals surface area contributed by atoms with Crippen LogP contribution in [0, 0.1) is 6.92 Å². The van der Waals surface area contributed by atoms with Gasteiger partial charge in [-0.2, -0.15) is 4.98 Å². The van der Waals surface area contributed by atoms with Crippen LogP contribution in [0.25, 0.3) is 11.6 Å². The molecule has 1 aromatic carbocycles. The summed E-state index contributed by atoms with van der Waals surface area (Å²) in [6.07, 6.45) is 6.21. The number of likely N-dealkylation sites (tertiary alicyclic amines) is 1. The Kier molecular flexibility index (Phi) is 6.54. The standard InChI is InChI=1S/C23H27N5O3/c1-3-30-19-7-4-17(5-8-19)6-9-21(29)28-12-10-18(11-13-28)22-26-23(31-27-22)20-15-24-16(2)14-25-20/h4-5,7-8,14-15,18H,3,6,9-13H2,1-2H3. The molecule has 0 radical (unpaired) electrons. The zero-order chi connectivity index (χ0) is 21.6. The maximum atomic E-state index is 12.6. The number of rotatable bonds is 7. The van der Waals surface area contributed by atoms with Gasteiger partial charge < -0.3 is 14.2 Å². The Morgan fingerprint density at radius 2 is 1.94 bits per heavy atom. The minimum absolute atomic E-state index is 0.186. The predicted octanol–water partition coefficient (Wildman–Crippen LogP) is 3.57. The van der Waals surface area contributed by atoms with Gasteiger partial charge in [0.2, 0.25) is 5.91 Å². The highest BCUT2D eigenvalue weighted by molar-refractivity contribution is 5.76. The summed E-state index contributed by atoms with van der Waals surface area (Å²) in [5.74, 6) is 2.30. The Bertz CT molecular complexity index is 993. The number of aryl methyl sites for hydroxylation is 2. The van der Waals surface area contributed by atoms with E-state index in [0.717, 1.165) is 36.3 Å². The molecule has 1 aliphatic rings. The third-order valence-electron chi connectivity index (χ3n) is 5.52. The molecule has 31 heavy (non-hydrogen) atoms. The normalized spacial score (nSPS) is 14.6. The number of hydrogen-bond acceptors (Lipinski definition) is 7. The van der Waals surface area contributed by atoms with Gasteiger partial charge in [-0.05, 0) is 50.8 Å². The molecule has 1 saturated heterocycles. The van der Waals surface area contributed by atoms with Gasteiger partial charge in [-0.1, -0.05) is 17.3 Å². The first-order chi connectivity index (χ1) is 15.1. The fourth-order valence-electron chi connectivity index (χ4n) is 3.72. The molecule has 8 heteroatoms. The van der Waals surface area contributed by atoms with Crippen LogP contribution in [0.4, 0.5) is 0 Å². The third kappa shape index (κ3) is 5.25. The molecule has 4 rings (SSSR count). The summed E-state index contributed by atoms with van der Waals surface area (Å²) >= 11 is 0. The molecule has 0 unspecified atom stereocenters. The largest absolute Gasteiger partial charge is 0.494 e. The Balaban J connectivity index is 1.26. The van der Waals surface area contributed by atoms with Gasteiger partial charge in [-0.15, -0.1) is 0 Å². The summed E-state index contributed by atoms with van der Waals surface area (Å²) in [6.45, 7) is 5.91. The van der Waals surface area contributed by atoms with Crippen LogP contribution < -0.4 is 4.74 Å². The van der Waals surface area contributed by atoms with E-state index in [0.29, 0.717) is 43.5 Å². The number of carbonyl (C=O) groups is 1. The highest BCUT2D eigenvalue weighted by atomic mass is 16.5. The summed E-state index contributed by atoms with van der Waals surface area (Å²) in [4.78, 5) is 27.6. The number of aromatic nitrogens is 4. The quantitative estimate of drug-likeness (QED) is 0.575. The lowest BCUT2D eigenvalue weighted by Gasteiger charge is -2.30. The second kappa shape index (κ2) is 9.68. The zero-order valence-electron chi connectivity index (χ0n) is 18.0. The molecule has 0 spiro atoms. The lowest BCUT2D eigenvalue weighted by molar-refractivity contribution is -0.132. The summed E-state index contributed by atoms with van der Waals surface area (Å²) in [5.41, 5.74) is 2.56. The molecule has 2 aromatic heterocycles. The van der Waals surface area contributed by atoms with Crippen LogP contribution >= 0.6 is 0 Å². The van der Waals surface area contributed by atoms with E-state index in [9.17, 15) is 4.79 Å².